The summed E-state index contributed by atoms with van der Waals surface area (Å²) in [5.74, 6) is 0.618. The van der Waals surface area contributed by atoms with Gasteiger partial charge in [-0.3, -0.25) is 9.59 Å². The Morgan fingerprint density at radius 3 is 2.75 bits per heavy atom. The van der Waals surface area contributed by atoms with Crippen molar-refractivity contribution in [2.24, 2.45) is 5.92 Å². The Morgan fingerprint density at radius 2 is 2.04 bits per heavy atom. The molecular formula is C18H26ClN3O2. The molecule has 0 saturated carbocycles. The number of hydrogen-bond donors (Lipinski definition) is 2. The second kappa shape index (κ2) is 9.04. The average molecular weight is 352 g/mol. The Kier molecular flexibility index (Phi) is 7.06. The SMILES string of the molecule is Cl.O=C(CCC1CCNC1)NC1CCCN(c2ccccc2)C1=O. The molecule has 0 radical (unpaired) electrons. The molecule has 2 heterocycles. The van der Waals surface area contributed by atoms with E-state index in [0.29, 0.717) is 12.3 Å². The largest absolute Gasteiger partial charge is 0.344 e. The molecule has 5 nitrogen and oxygen atoms in total. The molecule has 2 aliphatic heterocycles. The molecule has 3 rings (SSSR count). The lowest BCUT2D eigenvalue weighted by atomic mass is 10.0. The Hall–Kier alpha value is -1.59. The number of hydrogen-bond acceptors (Lipinski definition) is 3. The molecule has 0 aromatic heterocycles. The second-order valence-corrected chi connectivity index (χ2v) is 6.49. The fourth-order valence-corrected chi connectivity index (χ4v) is 3.44. The highest BCUT2D eigenvalue weighted by molar-refractivity contribution is 5.99. The van der Waals surface area contributed by atoms with E-state index in [4.69, 9.17) is 0 Å². The van der Waals surface area contributed by atoms with Crippen molar-refractivity contribution in [3.63, 3.8) is 0 Å². The number of para-hydroxylation sites is 1. The van der Waals surface area contributed by atoms with Gasteiger partial charge in [0.15, 0.2) is 0 Å². The number of carbonyl (C=O) groups excluding carboxylic acids is 2. The molecule has 0 bridgehead atoms. The van der Waals surface area contributed by atoms with Crippen molar-refractivity contribution in [3.8, 4) is 0 Å². The quantitative estimate of drug-likeness (QED) is 0.854. The van der Waals surface area contributed by atoms with Crippen LogP contribution in [-0.4, -0.2) is 37.5 Å². The van der Waals surface area contributed by atoms with Gasteiger partial charge in [-0.05, 0) is 56.8 Å². The first-order valence-corrected chi connectivity index (χ1v) is 8.60. The first-order valence-electron chi connectivity index (χ1n) is 8.60. The molecule has 132 valence electrons. The van der Waals surface area contributed by atoms with Crippen LogP contribution < -0.4 is 15.5 Å². The number of benzene rings is 1. The lowest BCUT2D eigenvalue weighted by Gasteiger charge is -2.32. The highest BCUT2D eigenvalue weighted by Crippen LogP contribution is 2.21. The molecule has 2 unspecified atom stereocenters. The molecule has 2 atom stereocenters. The number of rotatable bonds is 5. The number of carbonyl (C=O) groups is 2. The van der Waals surface area contributed by atoms with E-state index in [1.807, 2.05) is 30.3 Å². The maximum absolute atomic E-state index is 12.6. The molecule has 1 aromatic rings. The zero-order valence-corrected chi connectivity index (χ0v) is 14.7. The first kappa shape index (κ1) is 18.7. The third-order valence-corrected chi connectivity index (χ3v) is 4.78. The van der Waals surface area contributed by atoms with E-state index in [0.717, 1.165) is 51.0 Å². The summed E-state index contributed by atoms with van der Waals surface area (Å²) in [5.41, 5.74) is 0.911. The van der Waals surface area contributed by atoms with E-state index >= 15 is 0 Å². The zero-order chi connectivity index (χ0) is 16.1. The van der Waals surface area contributed by atoms with Crippen LogP contribution in [0, 0.1) is 5.92 Å². The third-order valence-electron chi connectivity index (χ3n) is 4.78. The molecule has 24 heavy (non-hydrogen) atoms. The summed E-state index contributed by atoms with van der Waals surface area (Å²) in [6.07, 6.45) is 4.22. The van der Waals surface area contributed by atoms with Gasteiger partial charge < -0.3 is 15.5 Å². The molecule has 0 spiro atoms. The van der Waals surface area contributed by atoms with Crippen molar-refractivity contribution in [2.45, 2.75) is 38.1 Å². The van der Waals surface area contributed by atoms with Crippen LogP contribution in [0.5, 0.6) is 0 Å². The molecule has 1 aromatic carbocycles. The molecule has 6 heteroatoms. The fraction of sp³-hybridized carbons (Fsp3) is 0.556. The molecular weight excluding hydrogens is 326 g/mol. The van der Waals surface area contributed by atoms with E-state index in [1.165, 1.54) is 0 Å². The monoisotopic (exact) mass is 351 g/mol. The summed E-state index contributed by atoms with van der Waals surface area (Å²) in [6, 6.07) is 9.30. The number of halogens is 1. The van der Waals surface area contributed by atoms with Gasteiger partial charge in [0, 0.05) is 18.7 Å². The smallest absolute Gasteiger partial charge is 0.249 e. The minimum Gasteiger partial charge on any atom is -0.344 e. The van der Waals surface area contributed by atoms with Crippen molar-refractivity contribution in [1.82, 2.24) is 10.6 Å². The van der Waals surface area contributed by atoms with Crippen LogP contribution in [0.25, 0.3) is 0 Å². The van der Waals surface area contributed by atoms with Crippen LogP contribution in [0.3, 0.4) is 0 Å². The van der Waals surface area contributed by atoms with Gasteiger partial charge in [0.05, 0.1) is 0 Å². The number of nitrogens with one attached hydrogen (secondary N) is 2. The average Bonchev–Trinajstić information content (AvgIpc) is 3.09. The fourth-order valence-electron chi connectivity index (χ4n) is 3.44. The highest BCUT2D eigenvalue weighted by Gasteiger charge is 2.30. The maximum atomic E-state index is 12.6. The molecule has 2 aliphatic rings. The van der Waals surface area contributed by atoms with E-state index in [-0.39, 0.29) is 30.3 Å². The van der Waals surface area contributed by atoms with Crippen LogP contribution in [0.1, 0.15) is 32.1 Å². The van der Waals surface area contributed by atoms with Crippen molar-refractivity contribution in [1.29, 1.82) is 0 Å². The number of piperidine rings is 1. The predicted molar refractivity (Wildman–Crippen MR) is 97.4 cm³/mol. The summed E-state index contributed by atoms with van der Waals surface area (Å²) >= 11 is 0. The van der Waals surface area contributed by atoms with Crippen molar-refractivity contribution >= 4 is 29.9 Å². The van der Waals surface area contributed by atoms with Gasteiger partial charge in [-0.25, -0.2) is 0 Å². The van der Waals surface area contributed by atoms with Crippen LogP contribution in [-0.2, 0) is 9.59 Å². The van der Waals surface area contributed by atoms with Crippen molar-refractivity contribution < 1.29 is 9.59 Å². The molecule has 2 N–H and O–H groups in total. The Balaban J connectivity index is 0.00000208. The first-order chi connectivity index (χ1) is 11.2. The van der Waals surface area contributed by atoms with Crippen LogP contribution in [0.2, 0.25) is 0 Å². The van der Waals surface area contributed by atoms with Crippen molar-refractivity contribution in [2.75, 3.05) is 24.5 Å². The van der Waals surface area contributed by atoms with Gasteiger partial charge in [0.1, 0.15) is 6.04 Å². The van der Waals surface area contributed by atoms with E-state index in [9.17, 15) is 9.59 Å². The summed E-state index contributed by atoms with van der Waals surface area (Å²) in [5, 5.41) is 6.26. The number of amides is 2. The number of nitrogens with zero attached hydrogens (tertiary/aromatic N) is 1. The standard InChI is InChI=1S/C18H25N3O2.ClH/c22-17(9-8-14-10-11-19-13-14)20-16-7-4-12-21(18(16)23)15-5-2-1-3-6-15;/h1-3,5-6,14,16,19H,4,7-13H2,(H,20,22);1H. The Morgan fingerprint density at radius 1 is 1.25 bits per heavy atom. The lowest BCUT2D eigenvalue weighted by Crippen LogP contribution is -2.52. The van der Waals surface area contributed by atoms with Crippen LogP contribution >= 0.6 is 12.4 Å². The Bertz CT molecular complexity index is 546. The van der Waals surface area contributed by atoms with Gasteiger partial charge in [0.25, 0.3) is 0 Å². The molecule has 2 amide bonds. The summed E-state index contributed by atoms with van der Waals surface area (Å²) in [4.78, 5) is 26.6. The molecule has 2 fully saturated rings. The molecule has 2 saturated heterocycles. The molecule has 0 aliphatic carbocycles. The maximum Gasteiger partial charge on any atom is 0.249 e. The highest BCUT2D eigenvalue weighted by atomic mass is 35.5. The van der Waals surface area contributed by atoms with Gasteiger partial charge in [0.2, 0.25) is 11.8 Å². The summed E-state index contributed by atoms with van der Waals surface area (Å²) in [6.45, 7) is 2.79. The van der Waals surface area contributed by atoms with Crippen LogP contribution in [0.15, 0.2) is 30.3 Å². The van der Waals surface area contributed by atoms with Crippen LogP contribution in [0.4, 0.5) is 5.69 Å². The van der Waals surface area contributed by atoms with Gasteiger partial charge in [-0.1, -0.05) is 18.2 Å². The lowest BCUT2D eigenvalue weighted by molar-refractivity contribution is -0.128. The normalized spacial score (nSPS) is 23.7. The minimum atomic E-state index is -0.377. The van der Waals surface area contributed by atoms with E-state index in [1.54, 1.807) is 4.90 Å². The topological polar surface area (TPSA) is 61.4 Å². The van der Waals surface area contributed by atoms with Gasteiger partial charge >= 0.3 is 0 Å². The summed E-state index contributed by atoms with van der Waals surface area (Å²) < 4.78 is 0. The van der Waals surface area contributed by atoms with Gasteiger partial charge in [-0.15, -0.1) is 12.4 Å². The zero-order valence-electron chi connectivity index (χ0n) is 13.9. The van der Waals surface area contributed by atoms with E-state index < -0.39 is 0 Å². The second-order valence-electron chi connectivity index (χ2n) is 6.49. The summed E-state index contributed by atoms with van der Waals surface area (Å²) in [7, 11) is 0. The van der Waals surface area contributed by atoms with Crippen molar-refractivity contribution in [3.05, 3.63) is 30.3 Å². The predicted octanol–water partition coefficient (Wildman–Crippen LogP) is 2.11. The Labute approximate surface area is 149 Å². The minimum absolute atomic E-state index is 0. The third kappa shape index (κ3) is 4.71. The van der Waals surface area contributed by atoms with Gasteiger partial charge in [-0.2, -0.15) is 0 Å². The van der Waals surface area contributed by atoms with E-state index in [2.05, 4.69) is 10.6 Å². The number of anilines is 1.